The molecule has 2 aromatic carbocycles. The zero-order chi connectivity index (χ0) is 15.1. The predicted molar refractivity (Wildman–Crippen MR) is 81.6 cm³/mol. The van der Waals surface area contributed by atoms with Gasteiger partial charge in [-0.1, -0.05) is 48.0 Å². The number of hydrogen-bond donors (Lipinski definition) is 2. The molecular weight excluding hydrogens is 290 g/mol. The Hall–Kier alpha value is -2.04. The molecule has 0 aliphatic rings. The lowest BCUT2D eigenvalue weighted by Crippen LogP contribution is -2.22. The molecule has 2 rings (SSSR count). The third kappa shape index (κ3) is 4.77. The van der Waals surface area contributed by atoms with Crippen molar-refractivity contribution in [2.75, 3.05) is 6.54 Å². The van der Waals surface area contributed by atoms with Gasteiger partial charge in [0.2, 0.25) is 0 Å². The van der Waals surface area contributed by atoms with Crippen molar-refractivity contribution < 1.29 is 14.6 Å². The van der Waals surface area contributed by atoms with Crippen molar-refractivity contribution >= 4 is 17.6 Å². The van der Waals surface area contributed by atoms with Crippen LogP contribution in [0.25, 0.3) is 0 Å². The summed E-state index contributed by atoms with van der Waals surface area (Å²) in [5, 5.41) is 12.1. The summed E-state index contributed by atoms with van der Waals surface area (Å²) >= 11 is 6.09. The van der Waals surface area contributed by atoms with E-state index < -0.39 is 5.97 Å². The van der Waals surface area contributed by atoms with Crippen LogP contribution in [0.5, 0.6) is 5.75 Å². The molecule has 0 heterocycles. The van der Waals surface area contributed by atoms with Crippen LogP contribution in [-0.4, -0.2) is 17.6 Å². The van der Waals surface area contributed by atoms with Gasteiger partial charge in [-0.25, -0.2) is 0 Å². The number of nitrogens with one attached hydrogen (secondary N) is 1. The summed E-state index contributed by atoms with van der Waals surface area (Å²) < 4.78 is 5.79. The van der Waals surface area contributed by atoms with E-state index in [1.807, 2.05) is 48.5 Å². The number of carboxylic acids is 1. The molecular formula is C16H16ClNO3. The van der Waals surface area contributed by atoms with Gasteiger partial charge in [0.15, 0.2) is 0 Å². The van der Waals surface area contributed by atoms with Gasteiger partial charge in [0.05, 0.1) is 6.54 Å². The molecule has 2 N–H and O–H groups in total. The molecule has 0 bridgehead atoms. The van der Waals surface area contributed by atoms with Crippen LogP contribution in [0.1, 0.15) is 11.1 Å². The molecule has 0 fully saturated rings. The summed E-state index contributed by atoms with van der Waals surface area (Å²) in [6.45, 7) is 0.722. The van der Waals surface area contributed by atoms with E-state index in [2.05, 4.69) is 5.32 Å². The number of benzene rings is 2. The highest BCUT2D eigenvalue weighted by atomic mass is 35.5. The second-order valence-corrected chi connectivity index (χ2v) is 4.89. The second kappa shape index (κ2) is 7.67. The minimum Gasteiger partial charge on any atom is -0.489 e. The van der Waals surface area contributed by atoms with Crippen molar-refractivity contribution in [3.63, 3.8) is 0 Å². The van der Waals surface area contributed by atoms with E-state index in [0.717, 1.165) is 16.9 Å². The fraction of sp³-hybridized carbons (Fsp3) is 0.188. The molecule has 0 spiro atoms. The van der Waals surface area contributed by atoms with Crippen molar-refractivity contribution in [1.29, 1.82) is 0 Å². The molecule has 110 valence electrons. The number of rotatable bonds is 7. The van der Waals surface area contributed by atoms with Crippen LogP contribution in [0.15, 0.2) is 48.5 Å². The van der Waals surface area contributed by atoms with Crippen LogP contribution >= 0.6 is 11.6 Å². The van der Waals surface area contributed by atoms with Gasteiger partial charge < -0.3 is 15.2 Å². The van der Waals surface area contributed by atoms with Gasteiger partial charge in [-0.05, 0) is 12.1 Å². The Kier molecular flexibility index (Phi) is 5.60. The Balaban J connectivity index is 1.99. The minimum absolute atomic E-state index is 0.0845. The van der Waals surface area contributed by atoms with Crippen molar-refractivity contribution in [2.24, 2.45) is 0 Å². The van der Waals surface area contributed by atoms with E-state index in [-0.39, 0.29) is 6.54 Å². The lowest BCUT2D eigenvalue weighted by Gasteiger charge is -2.12. The van der Waals surface area contributed by atoms with Crippen molar-refractivity contribution in [3.8, 4) is 5.75 Å². The number of ether oxygens (including phenoxy) is 1. The van der Waals surface area contributed by atoms with Crippen LogP contribution in [0.4, 0.5) is 0 Å². The molecule has 0 unspecified atom stereocenters. The van der Waals surface area contributed by atoms with Crippen LogP contribution in [0.2, 0.25) is 5.02 Å². The van der Waals surface area contributed by atoms with Crippen molar-refractivity contribution in [3.05, 3.63) is 64.7 Å². The molecule has 0 saturated carbocycles. The molecule has 0 aliphatic carbocycles. The zero-order valence-electron chi connectivity index (χ0n) is 11.4. The predicted octanol–water partition coefficient (Wildman–Crippen LogP) is 3.09. The van der Waals surface area contributed by atoms with Crippen molar-refractivity contribution in [1.82, 2.24) is 5.32 Å². The van der Waals surface area contributed by atoms with E-state index >= 15 is 0 Å². The maximum Gasteiger partial charge on any atom is 0.317 e. The van der Waals surface area contributed by atoms with E-state index in [1.54, 1.807) is 0 Å². The van der Waals surface area contributed by atoms with E-state index in [9.17, 15) is 4.79 Å². The Morgan fingerprint density at radius 1 is 1.10 bits per heavy atom. The van der Waals surface area contributed by atoms with Gasteiger partial charge in [0.1, 0.15) is 12.4 Å². The molecule has 5 heteroatoms. The van der Waals surface area contributed by atoms with Gasteiger partial charge in [0.25, 0.3) is 0 Å². The van der Waals surface area contributed by atoms with Gasteiger partial charge in [-0.15, -0.1) is 0 Å². The number of carbonyl (C=O) groups is 1. The zero-order valence-corrected chi connectivity index (χ0v) is 12.1. The Labute approximate surface area is 128 Å². The Morgan fingerprint density at radius 2 is 1.76 bits per heavy atom. The van der Waals surface area contributed by atoms with Gasteiger partial charge in [-0.2, -0.15) is 0 Å². The Morgan fingerprint density at radius 3 is 2.48 bits per heavy atom. The lowest BCUT2D eigenvalue weighted by molar-refractivity contribution is -0.136. The molecule has 0 aromatic heterocycles. The van der Waals surface area contributed by atoms with Crippen LogP contribution in [0, 0.1) is 0 Å². The molecule has 2 aromatic rings. The fourth-order valence-electron chi connectivity index (χ4n) is 1.87. The third-order valence-corrected chi connectivity index (χ3v) is 3.27. The summed E-state index contributed by atoms with van der Waals surface area (Å²) in [6, 6.07) is 15.0. The number of para-hydroxylation sites is 1. The molecule has 0 atom stereocenters. The quantitative estimate of drug-likeness (QED) is 0.825. The number of aliphatic carboxylic acids is 1. The highest BCUT2D eigenvalue weighted by molar-refractivity contribution is 6.31. The number of hydrogen-bond acceptors (Lipinski definition) is 3. The molecule has 4 nitrogen and oxygen atoms in total. The maximum atomic E-state index is 10.5. The summed E-state index contributed by atoms with van der Waals surface area (Å²) in [7, 11) is 0. The maximum absolute atomic E-state index is 10.5. The molecule has 0 saturated heterocycles. The second-order valence-electron chi connectivity index (χ2n) is 4.49. The monoisotopic (exact) mass is 305 g/mol. The normalized spacial score (nSPS) is 10.3. The standard InChI is InChI=1S/C16H16ClNO3/c17-14-7-3-1-6-13(14)11-21-15-8-4-2-5-12(15)9-18-10-16(19)20/h1-8,18H,9-11H2,(H,19,20). The van der Waals surface area contributed by atoms with Gasteiger partial charge in [0, 0.05) is 22.7 Å². The Bertz CT molecular complexity index is 616. The first-order valence-corrected chi connectivity index (χ1v) is 6.91. The van der Waals surface area contributed by atoms with Gasteiger partial charge >= 0.3 is 5.97 Å². The average molecular weight is 306 g/mol. The van der Waals surface area contributed by atoms with Crippen LogP contribution in [0.3, 0.4) is 0 Å². The number of carboxylic acid groups (broad SMARTS) is 1. The molecule has 0 amide bonds. The number of halogens is 1. The molecule has 0 radical (unpaired) electrons. The third-order valence-electron chi connectivity index (χ3n) is 2.91. The summed E-state index contributed by atoms with van der Waals surface area (Å²) in [4.78, 5) is 10.5. The first-order chi connectivity index (χ1) is 10.2. The van der Waals surface area contributed by atoms with Gasteiger partial charge in [-0.3, -0.25) is 4.79 Å². The van der Waals surface area contributed by atoms with E-state index in [0.29, 0.717) is 18.2 Å². The fourth-order valence-corrected chi connectivity index (χ4v) is 2.06. The molecule has 21 heavy (non-hydrogen) atoms. The lowest BCUT2D eigenvalue weighted by atomic mass is 10.2. The summed E-state index contributed by atoms with van der Waals surface area (Å²) in [5.74, 6) is -0.167. The SMILES string of the molecule is O=C(O)CNCc1ccccc1OCc1ccccc1Cl. The minimum atomic E-state index is -0.885. The highest BCUT2D eigenvalue weighted by Crippen LogP contribution is 2.21. The van der Waals surface area contributed by atoms with E-state index in [1.165, 1.54) is 0 Å². The van der Waals surface area contributed by atoms with Crippen LogP contribution in [-0.2, 0) is 17.9 Å². The highest BCUT2D eigenvalue weighted by Gasteiger charge is 2.05. The summed E-state index contributed by atoms with van der Waals surface area (Å²) in [6.07, 6.45) is 0. The average Bonchev–Trinajstić information content (AvgIpc) is 2.47. The van der Waals surface area contributed by atoms with Crippen LogP contribution < -0.4 is 10.1 Å². The first kappa shape index (κ1) is 15.4. The molecule has 0 aliphatic heterocycles. The van der Waals surface area contributed by atoms with Crippen molar-refractivity contribution in [2.45, 2.75) is 13.2 Å². The summed E-state index contributed by atoms with van der Waals surface area (Å²) in [5.41, 5.74) is 1.82. The van der Waals surface area contributed by atoms with E-state index in [4.69, 9.17) is 21.4 Å². The largest absolute Gasteiger partial charge is 0.489 e. The topological polar surface area (TPSA) is 58.6 Å². The smallest absolute Gasteiger partial charge is 0.317 e. The first-order valence-electron chi connectivity index (χ1n) is 6.53.